The predicted molar refractivity (Wildman–Crippen MR) is 83.4 cm³/mol. The van der Waals surface area contributed by atoms with Crippen molar-refractivity contribution >= 4 is 17.8 Å². The number of fused-ring (bicyclic) bond motifs is 1. The number of ether oxygens (including phenoxy) is 2. The van der Waals surface area contributed by atoms with Crippen molar-refractivity contribution in [3.8, 4) is 11.5 Å². The lowest BCUT2D eigenvalue weighted by Crippen LogP contribution is -2.24. The van der Waals surface area contributed by atoms with Crippen molar-refractivity contribution in [2.24, 2.45) is 4.99 Å². The highest BCUT2D eigenvalue weighted by Gasteiger charge is 2.22. The van der Waals surface area contributed by atoms with Crippen LogP contribution in [-0.2, 0) is 4.79 Å². The third kappa shape index (κ3) is 2.70. The highest BCUT2D eigenvalue weighted by atomic mass is 16.5. The van der Waals surface area contributed by atoms with E-state index in [0.29, 0.717) is 36.3 Å². The Morgan fingerprint density at radius 2 is 2.00 bits per heavy atom. The third-order valence-electron chi connectivity index (χ3n) is 3.53. The molecule has 1 amide bonds. The van der Waals surface area contributed by atoms with Gasteiger partial charge in [0.2, 0.25) is 0 Å². The highest BCUT2D eigenvalue weighted by Crippen LogP contribution is 2.31. The molecule has 0 saturated heterocycles. The van der Waals surface area contributed by atoms with Crippen LogP contribution in [0.3, 0.4) is 0 Å². The summed E-state index contributed by atoms with van der Waals surface area (Å²) in [6.45, 7) is 1.26. The van der Waals surface area contributed by atoms with Gasteiger partial charge in [-0.15, -0.1) is 0 Å². The molecular weight excluding hydrogens is 296 g/mol. The maximum absolute atomic E-state index is 12.0. The van der Waals surface area contributed by atoms with E-state index in [9.17, 15) is 4.79 Å². The second-order valence-corrected chi connectivity index (χ2v) is 5.18. The number of nitrogens with zero attached hydrogens (tertiary/aromatic N) is 1. The number of aliphatic imine (C=N–C) groups is 1. The van der Waals surface area contributed by atoms with Crippen molar-refractivity contribution in [3.05, 3.63) is 53.6 Å². The van der Waals surface area contributed by atoms with Gasteiger partial charge in [-0.25, -0.2) is 4.99 Å². The zero-order valence-corrected chi connectivity index (χ0v) is 12.2. The average Bonchev–Trinajstić information content (AvgIpc) is 3.13. The lowest BCUT2D eigenvalue weighted by molar-refractivity contribution is -0.115. The van der Waals surface area contributed by atoms with Crippen LogP contribution in [0.1, 0.15) is 17.7 Å². The number of furan rings is 1. The molecule has 0 atom stereocenters. The molecule has 2 aliphatic rings. The maximum atomic E-state index is 12.0. The SMILES string of the molecule is O=C1NC(c2ccco2)=N/C1=C/c1ccc2c(c1)OCCCO2. The second-order valence-electron chi connectivity index (χ2n) is 5.18. The molecule has 0 fully saturated rings. The zero-order chi connectivity index (χ0) is 15.6. The van der Waals surface area contributed by atoms with Crippen LogP contribution in [0, 0.1) is 0 Å². The van der Waals surface area contributed by atoms with Crippen LogP contribution in [0.25, 0.3) is 6.08 Å². The second kappa shape index (κ2) is 5.64. The smallest absolute Gasteiger partial charge is 0.275 e. The Labute approximate surface area is 132 Å². The molecule has 1 N–H and O–H groups in total. The van der Waals surface area contributed by atoms with E-state index in [1.807, 2.05) is 18.2 Å². The lowest BCUT2D eigenvalue weighted by atomic mass is 10.1. The van der Waals surface area contributed by atoms with E-state index >= 15 is 0 Å². The minimum atomic E-state index is -0.261. The fourth-order valence-electron chi connectivity index (χ4n) is 2.43. The molecule has 6 heteroatoms. The Morgan fingerprint density at radius 3 is 2.83 bits per heavy atom. The number of nitrogens with one attached hydrogen (secondary N) is 1. The topological polar surface area (TPSA) is 73.1 Å². The summed E-state index contributed by atoms with van der Waals surface area (Å²) >= 11 is 0. The van der Waals surface area contributed by atoms with Crippen molar-refractivity contribution in [2.45, 2.75) is 6.42 Å². The molecule has 1 aromatic heterocycles. The van der Waals surface area contributed by atoms with Gasteiger partial charge in [-0.05, 0) is 35.9 Å². The van der Waals surface area contributed by atoms with Crippen LogP contribution in [0.4, 0.5) is 0 Å². The summed E-state index contributed by atoms with van der Waals surface area (Å²) in [6, 6.07) is 9.05. The number of hydrogen-bond acceptors (Lipinski definition) is 5. The minimum absolute atomic E-state index is 0.261. The third-order valence-corrected chi connectivity index (χ3v) is 3.53. The molecule has 0 radical (unpaired) electrons. The van der Waals surface area contributed by atoms with E-state index in [2.05, 4.69) is 10.3 Å². The minimum Gasteiger partial charge on any atom is -0.490 e. The summed E-state index contributed by atoms with van der Waals surface area (Å²) in [5.74, 6) is 2.09. The molecule has 0 saturated carbocycles. The Balaban J connectivity index is 1.65. The number of amidine groups is 1. The van der Waals surface area contributed by atoms with Crippen molar-refractivity contribution < 1.29 is 18.7 Å². The Hall–Kier alpha value is -3.02. The molecule has 2 aliphatic heterocycles. The van der Waals surface area contributed by atoms with E-state index in [4.69, 9.17) is 13.9 Å². The predicted octanol–water partition coefficient (Wildman–Crippen LogP) is 2.36. The van der Waals surface area contributed by atoms with Crippen molar-refractivity contribution in [1.82, 2.24) is 5.32 Å². The van der Waals surface area contributed by atoms with Gasteiger partial charge in [0.1, 0.15) is 5.70 Å². The Bertz CT molecular complexity index is 806. The van der Waals surface area contributed by atoms with E-state index < -0.39 is 0 Å². The summed E-state index contributed by atoms with van der Waals surface area (Å²) in [7, 11) is 0. The van der Waals surface area contributed by atoms with Crippen LogP contribution < -0.4 is 14.8 Å². The van der Waals surface area contributed by atoms with Crippen LogP contribution >= 0.6 is 0 Å². The van der Waals surface area contributed by atoms with Gasteiger partial charge in [-0.3, -0.25) is 4.79 Å². The molecule has 0 unspecified atom stereocenters. The summed E-state index contributed by atoms with van der Waals surface area (Å²) in [5.41, 5.74) is 1.15. The summed E-state index contributed by atoms with van der Waals surface area (Å²) in [5, 5.41) is 2.69. The normalized spacial score (nSPS) is 18.5. The molecule has 2 aromatic rings. The zero-order valence-electron chi connectivity index (χ0n) is 12.2. The number of hydrogen-bond donors (Lipinski definition) is 1. The quantitative estimate of drug-likeness (QED) is 0.864. The van der Waals surface area contributed by atoms with E-state index in [1.165, 1.54) is 6.26 Å². The first kappa shape index (κ1) is 13.6. The van der Waals surface area contributed by atoms with Gasteiger partial charge in [0, 0.05) is 6.42 Å². The van der Waals surface area contributed by atoms with Crippen LogP contribution in [-0.4, -0.2) is 25.0 Å². The van der Waals surface area contributed by atoms with Gasteiger partial charge in [0.25, 0.3) is 5.91 Å². The van der Waals surface area contributed by atoms with Crippen molar-refractivity contribution in [1.29, 1.82) is 0 Å². The van der Waals surface area contributed by atoms with Crippen LogP contribution in [0.15, 0.2) is 51.7 Å². The molecule has 0 bridgehead atoms. The van der Waals surface area contributed by atoms with Gasteiger partial charge in [0.15, 0.2) is 23.1 Å². The Morgan fingerprint density at radius 1 is 1.13 bits per heavy atom. The molecule has 0 spiro atoms. The number of rotatable bonds is 2. The first-order valence-electron chi connectivity index (χ1n) is 7.35. The maximum Gasteiger partial charge on any atom is 0.275 e. The largest absolute Gasteiger partial charge is 0.490 e. The molecular formula is C17H14N2O4. The number of carbonyl (C=O) groups excluding carboxylic acids is 1. The summed E-state index contributed by atoms with van der Waals surface area (Å²) in [4.78, 5) is 16.3. The molecule has 1 aromatic carbocycles. The lowest BCUT2D eigenvalue weighted by Gasteiger charge is -2.07. The van der Waals surface area contributed by atoms with Crippen LogP contribution in [0.5, 0.6) is 11.5 Å². The molecule has 0 aliphatic carbocycles. The van der Waals surface area contributed by atoms with E-state index in [1.54, 1.807) is 18.2 Å². The van der Waals surface area contributed by atoms with Gasteiger partial charge < -0.3 is 19.2 Å². The summed E-state index contributed by atoms with van der Waals surface area (Å²) in [6.07, 6.45) is 4.10. The molecule has 4 rings (SSSR count). The monoisotopic (exact) mass is 310 g/mol. The number of carbonyl (C=O) groups is 1. The van der Waals surface area contributed by atoms with Gasteiger partial charge in [-0.2, -0.15) is 0 Å². The standard InChI is InChI=1S/C17H14N2O4/c20-17-12(18-16(19-17)14-3-1-6-22-14)9-11-4-5-13-15(10-11)23-8-2-7-21-13/h1,3-6,9-10H,2,7-8H2,(H,18,19,20)/b12-9+. The average molecular weight is 310 g/mol. The first-order valence-corrected chi connectivity index (χ1v) is 7.35. The molecule has 116 valence electrons. The number of benzene rings is 1. The fraction of sp³-hybridized carbons (Fsp3) is 0.176. The van der Waals surface area contributed by atoms with Gasteiger partial charge in [0.05, 0.1) is 19.5 Å². The Kier molecular flexibility index (Phi) is 3.34. The van der Waals surface area contributed by atoms with E-state index in [-0.39, 0.29) is 5.91 Å². The first-order chi connectivity index (χ1) is 11.3. The van der Waals surface area contributed by atoms with Crippen LogP contribution in [0.2, 0.25) is 0 Å². The number of amides is 1. The molecule has 3 heterocycles. The van der Waals surface area contributed by atoms with E-state index in [0.717, 1.165) is 17.7 Å². The van der Waals surface area contributed by atoms with Crippen molar-refractivity contribution in [3.63, 3.8) is 0 Å². The van der Waals surface area contributed by atoms with Gasteiger partial charge in [-0.1, -0.05) is 6.07 Å². The summed E-state index contributed by atoms with van der Waals surface area (Å²) < 4.78 is 16.5. The fourth-order valence-corrected chi connectivity index (χ4v) is 2.43. The highest BCUT2D eigenvalue weighted by molar-refractivity contribution is 6.18. The molecule has 6 nitrogen and oxygen atoms in total. The van der Waals surface area contributed by atoms with Crippen molar-refractivity contribution in [2.75, 3.05) is 13.2 Å². The van der Waals surface area contributed by atoms with Gasteiger partial charge >= 0.3 is 0 Å². The molecule has 23 heavy (non-hydrogen) atoms.